The van der Waals surface area contributed by atoms with Crippen LogP contribution in [0, 0.1) is 0 Å². The first kappa shape index (κ1) is 23.2. The van der Waals surface area contributed by atoms with Gasteiger partial charge in [-0.3, -0.25) is 4.90 Å². The Morgan fingerprint density at radius 2 is 1.81 bits per heavy atom. The van der Waals surface area contributed by atoms with Crippen molar-refractivity contribution in [3.63, 3.8) is 0 Å². The van der Waals surface area contributed by atoms with Crippen molar-refractivity contribution in [3.8, 4) is 28.0 Å². The Morgan fingerprint density at radius 1 is 0.972 bits per heavy atom. The van der Waals surface area contributed by atoms with Gasteiger partial charge in [-0.05, 0) is 74.3 Å². The number of fused-ring (bicyclic) bond motifs is 1. The van der Waals surface area contributed by atoms with Crippen LogP contribution in [0.5, 0.6) is 5.75 Å². The standard InChI is InChI=1S/C31H36N4O/c1-4-23-7-6-8-25(17-23)29-19-33-35-20-26(18-32-30(29)35)24-10-13-28(14-11-24)36-31(15-16-31)21-34-22(3)9-12-27(34)5-2/h6-8,10-11,13-14,17-20,22,27H,4-5,9,12,15-16,21H2,1-3H3. The lowest BCUT2D eigenvalue weighted by Gasteiger charge is -2.32. The molecule has 0 radical (unpaired) electrons. The van der Waals surface area contributed by atoms with E-state index >= 15 is 0 Å². The topological polar surface area (TPSA) is 42.7 Å². The predicted octanol–water partition coefficient (Wildman–Crippen LogP) is 6.80. The summed E-state index contributed by atoms with van der Waals surface area (Å²) in [6, 6.07) is 18.5. The molecule has 2 aromatic carbocycles. The number of benzene rings is 2. The number of likely N-dealkylation sites (tertiary alicyclic amines) is 1. The van der Waals surface area contributed by atoms with Gasteiger partial charge in [-0.15, -0.1) is 0 Å². The van der Waals surface area contributed by atoms with E-state index in [4.69, 9.17) is 9.72 Å². The summed E-state index contributed by atoms with van der Waals surface area (Å²) in [4.78, 5) is 7.48. The van der Waals surface area contributed by atoms with E-state index in [1.54, 1.807) is 0 Å². The van der Waals surface area contributed by atoms with Gasteiger partial charge in [-0.25, -0.2) is 9.50 Å². The smallest absolute Gasteiger partial charge is 0.162 e. The SMILES string of the molecule is CCc1cccc(-c2cnn3cc(-c4ccc(OC5(CN6C(C)CCC6CC)CC5)cc4)cnc23)c1. The second kappa shape index (κ2) is 9.36. The number of rotatable bonds is 8. The Balaban J connectivity index is 1.18. The van der Waals surface area contributed by atoms with Gasteiger partial charge in [0.2, 0.25) is 0 Å². The summed E-state index contributed by atoms with van der Waals surface area (Å²) in [5.41, 5.74) is 6.58. The molecule has 3 heterocycles. The van der Waals surface area contributed by atoms with Crippen molar-refractivity contribution in [3.05, 3.63) is 72.7 Å². The number of aromatic nitrogens is 3. The molecule has 186 valence electrons. The average Bonchev–Trinajstić information content (AvgIpc) is 3.38. The van der Waals surface area contributed by atoms with Crippen LogP contribution in [0.3, 0.4) is 0 Å². The molecule has 0 N–H and O–H groups in total. The summed E-state index contributed by atoms with van der Waals surface area (Å²) in [5, 5.41) is 4.60. The molecule has 1 saturated carbocycles. The Bertz CT molecular complexity index is 1350. The summed E-state index contributed by atoms with van der Waals surface area (Å²) in [7, 11) is 0. The molecule has 0 amide bonds. The highest BCUT2D eigenvalue weighted by Crippen LogP contribution is 2.43. The fourth-order valence-electron chi connectivity index (χ4n) is 5.76. The highest BCUT2D eigenvalue weighted by atomic mass is 16.5. The van der Waals surface area contributed by atoms with Gasteiger partial charge in [0.15, 0.2) is 5.65 Å². The Hall–Kier alpha value is -3.18. The van der Waals surface area contributed by atoms with E-state index in [1.165, 1.54) is 24.8 Å². The summed E-state index contributed by atoms with van der Waals surface area (Å²) < 4.78 is 8.46. The lowest BCUT2D eigenvalue weighted by molar-refractivity contribution is 0.0857. The van der Waals surface area contributed by atoms with Crippen molar-refractivity contribution in [1.82, 2.24) is 19.5 Å². The molecule has 0 bridgehead atoms. The first-order valence-corrected chi connectivity index (χ1v) is 13.6. The fraction of sp³-hybridized carbons (Fsp3) is 0.419. The molecule has 1 aliphatic heterocycles. The molecule has 5 nitrogen and oxygen atoms in total. The normalized spacial score (nSPS) is 21.2. The molecule has 2 aliphatic rings. The second-order valence-electron chi connectivity index (χ2n) is 10.7. The molecule has 1 saturated heterocycles. The minimum absolute atomic E-state index is 0.00541. The van der Waals surface area contributed by atoms with Crippen molar-refractivity contribution >= 4 is 5.65 Å². The van der Waals surface area contributed by atoms with Gasteiger partial charge in [-0.1, -0.05) is 50.2 Å². The molecule has 5 heteroatoms. The molecular formula is C31H36N4O. The Morgan fingerprint density at radius 3 is 2.56 bits per heavy atom. The van der Waals surface area contributed by atoms with Crippen molar-refractivity contribution in [2.24, 2.45) is 0 Å². The highest BCUT2D eigenvalue weighted by Gasteiger charge is 2.49. The van der Waals surface area contributed by atoms with Crippen LogP contribution in [0.25, 0.3) is 27.9 Å². The minimum Gasteiger partial charge on any atom is -0.486 e. The van der Waals surface area contributed by atoms with E-state index in [0.29, 0.717) is 12.1 Å². The van der Waals surface area contributed by atoms with Crippen LogP contribution in [-0.2, 0) is 6.42 Å². The van der Waals surface area contributed by atoms with Crippen LogP contribution in [0.4, 0.5) is 0 Å². The number of ether oxygens (including phenoxy) is 1. The van der Waals surface area contributed by atoms with Gasteiger partial charge in [0.05, 0.1) is 6.20 Å². The van der Waals surface area contributed by atoms with Crippen molar-refractivity contribution in [2.45, 2.75) is 77.0 Å². The van der Waals surface area contributed by atoms with E-state index in [-0.39, 0.29) is 5.60 Å². The molecule has 1 aliphatic carbocycles. The average molecular weight is 481 g/mol. The molecule has 2 aromatic heterocycles. The van der Waals surface area contributed by atoms with Crippen LogP contribution in [0.1, 0.15) is 58.4 Å². The third-order valence-corrected chi connectivity index (χ3v) is 8.23. The maximum atomic E-state index is 6.57. The maximum Gasteiger partial charge on any atom is 0.162 e. The highest BCUT2D eigenvalue weighted by molar-refractivity contribution is 5.78. The number of hydrogen-bond donors (Lipinski definition) is 0. The first-order valence-electron chi connectivity index (χ1n) is 13.6. The predicted molar refractivity (Wildman–Crippen MR) is 145 cm³/mol. The summed E-state index contributed by atoms with van der Waals surface area (Å²) in [6.45, 7) is 7.92. The van der Waals surface area contributed by atoms with Crippen molar-refractivity contribution < 1.29 is 4.74 Å². The second-order valence-corrected chi connectivity index (χ2v) is 10.7. The van der Waals surface area contributed by atoms with Gasteiger partial charge < -0.3 is 4.74 Å². The van der Waals surface area contributed by atoms with Crippen LogP contribution in [-0.4, -0.2) is 43.7 Å². The van der Waals surface area contributed by atoms with Crippen LogP contribution in [0.15, 0.2) is 67.1 Å². The monoisotopic (exact) mass is 480 g/mol. The lowest BCUT2D eigenvalue weighted by Crippen LogP contribution is -2.43. The van der Waals surface area contributed by atoms with Gasteiger partial charge in [-0.2, -0.15) is 5.10 Å². The summed E-state index contributed by atoms with van der Waals surface area (Å²) in [5.74, 6) is 0.961. The van der Waals surface area contributed by atoms with Crippen LogP contribution >= 0.6 is 0 Å². The zero-order valence-electron chi connectivity index (χ0n) is 21.7. The summed E-state index contributed by atoms with van der Waals surface area (Å²) in [6.07, 6.45) is 13.1. The Kier molecular flexibility index (Phi) is 6.04. The van der Waals surface area contributed by atoms with Gasteiger partial charge in [0.1, 0.15) is 11.4 Å². The summed E-state index contributed by atoms with van der Waals surface area (Å²) >= 11 is 0. The van der Waals surface area contributed by atoms with Gasteiger partial charge >= 0.3 is 0 Å². The van der Waals surface area contributed by atoms with E-state index in [1.807, 2.05) is 16.9 Å². The number of aryl methyl sites for hydroxylation is 1. The van der Waals surface area contributed by atoms with Gasteiger partial charge in [0.25, 0.3) is 0 Å². The molecular weight excluding hydrogens is 444 g/mol. The fourth-order valence-corrected chi connectivity index (χ4v) is 5.76. The van der Waals surface area contributed by atoms with Crippen molar-refractivity contribution in [2.75, 3.05) is 6.54 Å². The Labute approximate surface area is 214 Å². The minimum atomic E-state index is -0.00541. The quantitative estimate of drug-likeness (QED) is 0.278. The molecule has 2 unspecified atom stereocenters. The van der Waals surface area contributed by atoms with E-state index in [0.717, 1.165) is 59.5 Å². The third kappa shape index (κ3) is 4.41. The van der Waals surface area contributed by atoms with Gasteiger partial charge in [0, 0.05) is 42.1 Å². The number of hydrogen-bond acceptors (Lipinski definition) is 4. The number of nitrogens with zero attached hydrogens (tertiary/aromatic N) is 4. The molecule has 2 atom stereocenters. The van der Waals surface area contributed by atoms with Crippen LogP contribution < -0.4 is 4.74 Å². The van der Waals surface area contributed by atoms with Crippen molar-refractivity contribution in [1.29, 1.82) is 0 Å². The lowest BCUT2D eigenvalue weighted by atomic mass is 10.0. The van der Waals surface area contributed by atoms with E-state index < -0.39 is 0 Å². The molecule has 0 spiro atoms. The van der Waals surface area contributed by atoms with E-state index in [9.17, 15) is 0 Å². The van der Waals surface area contributed by atoms with E-state index in [2.05, 4.69) is 85.5 Å². The first-order chi connectivity index (χ1) is 17.6. The molecule has 6 rings (SSSR count). The zero-order chi connectivity index (χ0) is 24.7. The zero-order valence-corrected chi connectivity index (χ0v) is 21.7. The maximum absolute atomic E-state index is 6.57. The third-order valence-electron chi connectivity index (χ3n) is 8.23. The van der Waals surface area contributed by atoms with Crippen LogP contribution in [0.2, 0.25) is 0 Å². The molecule has 2 fully saturated rings. The largest absolute Gasteiger partial charge is 0.486 e. The molecule has 36 heavy (non-hydrogen) atoms. The molecule has 4 aromatic rings.